The lowest BCUT2D eigenvalue weighted by atomic mass is 9.80. The lowest BCUT2D eigenvalue weighted by Gasteiger charge is -2.46. The average Bonchev–Trinajstić information content (AvgIpc) is 4.00. The Bertz CT molecular complexity index is 1200. The highest BCUT2D eigenvalue weighted by atomic mass is 16.6. The van der Waals surface area contributed by atoms with Gasteiger partial charge in [0.1, 0.15) is 0 Å². The Kier molecular flexibility index (Phi) is 9.70. The highest BCUT2D eigenvalue weighted by molar-refractivity contribution is 5.88. The first-order valence-corrected chi connectivity index (χ1v) is 18.6. The van der Waals surface area contributed by atoms with Crippen LogP contribution < -0.4 is 0 Å². The smallest absolute Gasteiger partial charge is 0.310 e. The van der Waals surface area contributed by atoms with Gasteiger partial charge in [0.05, 0.1) is 99.9 Å². The summed E-state index contributed by atoms with van der Waals surface area (Å²) in [7, 11) is 0. The summed E-state index contributed by atoms with van der Waals surface area (Å²) in [5.41, 5.74) is 0. The summed E-state index contributed by atoms with van der Waals surface area (Å²) < 4.78 is 45.8. The molecule has 4 aliphatic carbocycles. The number of rotatable bonds is 15. The zero-order chi connectivity index (χ0) is 32.8. The van der Waals surface area contributed by atoms with E-state index < -0.39 is 42.1 Å². The molecule has 10 fully saturated rings. The zero-order valence-electron chi connectivity index (χ0n) is 27.7. The maximum Gasteiger partial charge on any atom is 0.310 e. The molecular weight excluding hydrogens is 624 g/mol. The van der Waals surface area contributed by atoms with Crippen molar-refractivity contribution in [3.05, 3.63) is 0 Å². The second-order valence-corrected chi connectivity index (χ2v) is 15.9. The molecule has 10 rings (SSSR count). The lowest BCUT2D eigenvalue weighted by molar-refractivity contribution is -0.197. The van der Waals surface area contributed by atoms with Crippen molar-refractivity contribution in [1.82, 2.24) is 0 Å². The third kappa shape index (κ3) is 7.87. The van der Waals surface area contributed by atoms with E-state index in [0.29, 0.717) is 18.3 Å². The van der Waals surface area contributed by atoms with Crippen LogP contribution in [-0.4, -0.2) is 99.1 Å². The van der Waals surface area contributed by atoms with Crippen molar-refractivity contribution in [1.29, 1.82) is 0 Å². The molecule has 0 aromatic carbocycles. The molecule has 0 spiro atoms. The van der Waals surface area contributed by atoms with Gasteiger partial charge in [0.2, 0.25) is 0 Å². The van der Waals surface area contributed by atoms with Crippen molar-refractivity contribution in [2.24, 2.45) is 35.5 Å². The second-order valence-electron chi connectivity index (χ2n) is 15.9. The summed E-state index contributed by atoms with van der Waals surface area (Å²) in [6, 6.07) is 0. The summed E-state index contributed by atoms with van der Waals surface area (Å²) in [5.74, 6) is -4.50. The number of ether oxygens (including phenoxy) is 8. The van der Waals surface area contributed by atoms with Gasteiger partial charge in [0.25, 0.3) is 0 Å². The molecule has 0 radical (unpaired) electrons. The molecule has 12 heteroatoms. The van der Waals surface area contributed by atoms with Crippen LogP contribution in [0, 0.1) is 35.5 Å². The summed E-state index contributed by atoms with van der Waals surface area (Å²) in [6.07, 6.45) is 12.0. The van der Waals surface area contributed by atoms with E-state index in [0.717, 1.165) is 77.0 Å². The van der Waals surface area contributed by atoms with Gasteiger partial charge in [0.15, 0.2) is 0 Å². The molecule has 0 aromatic rings. The monoisotopic (exact) mass is 674 g/mol. The van der Waals surface area contributed by atoms with Crippen molar-refractivity contribution >= 4 is 23.9 Å². The van der Waals surface area contributed by atoms with Gasteiger partial charge < -0.3 is 37.9 Å². The van der Waals surface area contributed by atoms with E-state index in [1.165, 1.54) is 0 Å². The van der Waals surface area contributed by atoms with Crippen LogP contribution in [0.25, 0.3) is 0 Å². The molecule has 6 heterocycles. The van der Waals surface area contributed by atoms with Crippen LogP contribution >= 0.6 is 0 Å². The fourth-order valence-electron chi connectivity index (χ4n) is 9.15. The average molecular weight is 675 g/mol. The number of carbonyl (C=O) groups is 4. The van der Waals surface area contributed by atoms with Gasteiger partial charge >= 0.3 is 23.9 Å². The quantitative estimate of drug-likeness (QED) is 0.142. The lowest BCUT2D eigenvalue weighted by Crippen LogP contribution is -2.49. The van der Waals surface area contributed by atoms with E-state index in [4.69, 9.17) is 37.9 Å². The summed E-state index contributed by atoms with van der Waals surface area (Å²) >= 11 is 0. The molecule has 12 nitrogen and oxygen atoms in total. The Morgan fingerprint density at radius 2 is 0.979 bits per heavy atom. The summed E-state index contributed by atoms with van der Waals surface area (Å²) in [5, 5.41) is 0. The predicted molar refractivity (Wildman–Crippen MR) is 164 cm³/mol. The molecule has 13 atom stereocenters. The molecule has 6 saturated heterocycles. The number of carbonyl (C=O) groups excluding carboxylic acids is 4. The standard InChI is InChI=1S/C36H50O12/c37-33(41-17-21-7-24-11-25(8-21)45-24)13-26(35(39)43-15-19-1-5-28-31(9-19)47-28)27(36(40)44-16-20-2-6-29-32(10-20)48-29)14-34(38)42-18-22-3-4-23-12-30(22)46-23/h19-32H,1-18H2. The van der Waals surface area contributed by atoms with Gasteiger partial charge in [-0.25, -0.2) is 0 Å². The van der Waals surface area contributed by atoms with Crippen LogP contribution in [0.15, 0.2) is 0 Å². The molecule has 0 N–H and O–H groups in total. The highest BCUT2D eigenvalue weighted by Gasteiger charge is 2.47. The van der Waals surface area contributed by atoms with Crippen molar-refractivity contribution in [2.45, 2.75) is 139 Å². The molecule has 10 aliphatic rings. The Morgan fingerprint density at radius 1 is 0.458 bits per heavy atom. The van der Waals surface area contributed by atoms with Gasteiger partial charge in [-0.15, -0.1) is 0 Å². The largest absolute Gasteiger partial charge is 0.465 e. The molecule has 6 aliphatic heterocycles. The first-order chi connectivity index (χ1) is 23.3. The molecule has 4 saturated carbocycles. The Labute approximate surface area is 281 Å². The normalized spacial score (nSPS) is 41.1. The van der Waals surface area contributed by atoms with Crippen molar-refractivity contribution in [2.75, 3.05) is 26.4 Å². The van der Waals surface area contributed by atoms with E-state index >= 15 is 0 Å². The van der Waals surface area contributed by atoms with E-state index in [-0.39, 0.29) is 87.0 Å². The van der Waals surface area contributed by atoms with Crippen molar-refractivity contribution in [3.8, 4) is 0 Å². The minimum Gasteiger partial charge on any atom is -0.465 e. The molecule has 0 aromatic heterocycles. The first kappa shape index (κ1) is 32.9. The van der Waals surface area contributed by atoms with Crippen LogP contribution in [0.3, 0.4) is 0 Å². The maximum atomic E-state index is 13.8. The fourth-order valence-corrected chi connectivity index (χ4v) is 9.15. The van der Waals surface area contributed by atoms with Gasteiger partial charge in [-0.05, 0) is 88.4 Å². The van der Waals surface area contributed by atoms with E-state index in [9.17, 15) is 19.2 Å². The molecular formula is C36H50O12. The van der Waals surface area contributed by atoms with Crippen LogP contribution in [-0.2, 0) is 57.1 Å². The summed E-state index contributed by atoms with van der Waals surface area (Å²) in [6.45, 7) is 0.764. The van der Waals surface area contributed by atoms with Crippen molar-refractivity contribution in [3.63, 3.8) is 0 Å². The minimum absolute atomic E-state index is 0.0954. The van der Waals surface area contributed by atoms with Gasteiger partial charge in [-0.1, -0.05) is 0 Å². The molecule has 0 amide bonds. The minimum atomic E-state index is -1.25. The van der Waals surface area contributed by atoms with E-state index in [1.54, 1.807) is 0 Å². The predicted octanol–water partition coefficient (Wildman–Crippen LogP) is 3.44. The zero-order valence-corrected chi connectivity index (χ0v) is 27.7. The Morgan fingerprint density at radius 3 is 1.48 bits per heavy atom. The SMILES string of the molecule is O=C(CC(C(=O)OCC1CCC2OC2C1)C(CC(=O)OCC1CCC2CC1O2)C(=O)OCC1CCC2OC2C1)OCC1CC2CC(C1)O2. The van der Waals surface area contributed by atoms with Crippen LogP contribution in [0.4, 0.5) is 0 Å². The molecule has 13 unspecified atom stereocenters. The Hall–Kier alpha value is -2.28. The topological polar surface area (TPSA) is 149 Å². The van der Waals surface area contributed by atoms with Crippen LogP contribution in [0.2, 0.25) is 0 Å². The van der Waals surface area contributed by atoms with Crippen LogP contribution in [0.5, 0.6) is 0 Å². The van der Waals surface area contributed by atoms with Gasteiger partial charge in [-0.2, -0.15) is 0 Å². The number of esters is 4. The highest BCUT2D eigenvalue weighted by Crippen LogP contribution is 2.42. The second kappa shape index (κ2) is 14.2. The summed E-state index contributed by atoms with van der Waals surface area (Å²) in [4.78, 5) is 54.3. The van der Waals surface area contributed by atoms with Gasteiger partial charge in [-0.3, -0.25) is 19.2 Å². The van der Waals surface area contributed by atoms with Crippen LogP contribution in [0.1, 0.15) is 89.9 Å². The molecule has 4 bridgehead atoms. The number of hydrogen-bond acceptors (Lipinski definition) is 12. The van der Waals surface area contributed by atoms with Gasteiger partial charge in [0, 0.05) is 12.3 Å². The number of hydrogen-bond donors (Lipinski definition) is 0. The van der Waals surface area contributed by atoms with E-state index in [1.807, 2.05) is 0 Å². The Balaban J connectivity index is 0.930. The molecule has 266 valence electrons. The van der Waals surface area contributed by atoms with E-state index in [2.05, 4.69) is 0 Å². The third-order valence-electron chi connectivity index (χ3n) is 12.3. The molecule has 48 heavy (non-hydrogen) atoms. The maximum absolute atomic E-state index is 13.8. The van der Waals surface area contributed by atoms with Crippen molar-refractivity contribution < 1.29 is 57.1 Å². The number of epoxide rings is 2. The number of fused-ring (bicyclic) bond motifs is 6. The first-order valence-electron chi connectivity index (χ1n) is 18.6. The fraction of sp³-hybridized carbons (Fsp3) is 0.889. The third-order valence-corrected chi connectivity index (χ3v) is 12.3.